The van der Waals surface area contributed by atoms with Crippen molar-refractivity contribution in [2.75, 3.05) is 13.1 Å². The molecule has 1 aliphatic heterocycles. The lowest BCUT2D eigenvalue weighted by Gasteiger charge is -2.16. The predicted octanol–water partition coefficient (Wildman–Crippen LogP) is 2.73. The van der Waals surface area contributed by atoms with Crippen LogP contribution in [-0.2, 0) is 0 Å². The fraction of sp³-hybridized carbons (Fsp3) is 0.438. The molecule has 1 saturated heterocycles. The van der Waals surface area contributed by atoms with Gasteiger partial charge < -0.3 is 4.90 Å². The van der Waals surface area contributed by atoms with Crippen LogP contribution >= 0.6 is 0 Å². The Morgan fingerprint density at radius 1 is 1.20 bits per heavy atom. The summed E-state index contributed by atoms with van der Waals surface area (Å²) in [6, 6.07) is 5.61. The maximum atomic E-state index is 12.5. The number of fused-ring (bicyclic) bond motifs is 1. The Morgan fingerprint density at radius 3 is 2.55 bits per heavy atom. The van der Waals surface area contributed by atoms with E-state index >= 15 is 0 Å². The van der Waals surface area contributed by atoms with Crippen LogP contribution < -0.4 is 0 Å². The molecule has 0 radical (unpaired) electrons. The molecule has 1 aromatic heterocycles. The Morgan fingerprint density at radius 2 is 1.90 bits per heavy atom. The third-order valence-corrected chi connectivity index (χ3v) is 4.03. The number of rotatable bonds is 1. The molecule has 2 aromatic rings. The highest BCUT2D eigenvalue weighted by Crippen LogP contribution is 2.20. The Labute approximate surface area is 118 Å². The van der Waals surface area contributed by atoms with Crippen LogP contribution in [-0.4, -0.2) is 33.9 Å². The van der Waals surface area contributed by atoms with Crippen molar-refractivity contribution in [2.24, 2.45) is 5.92 Å². The standard InChI is InChI=1S/C16H19N3O/c1-10-6-7-19(9-10)16(20)13-4-5-14-15(8-13)18-12(3)11(2)17-14/h4-5,8,10H,6-7,9H2,1-3H3. The van der Waals surface area contributed by atoms with Gasteiger partial charge in [-0.1, -0.05) is 6.92 Å². The Bertz CT molecular complexity index is 681. The first kappa shape index (κ1) is 13.0. The number of hydrogen-bond donors (Lipinski definition) is 0. The van der Waals surface area contributed by atoms with E-state index < -0.39 is 0 Å². The van der Waals surface area contributed by atoms with E-state index in [2.05, 4.69) is 16.9 Å². The second kappa shape index (κ2) is 4.85. The maximum Gasteiger partial charge on any atom is 0.253 e. The summed E-state index contributed by atoms with van der Waals surface area (Å²) in [7, 11) is 0. The lowest BCUT2D eigenvalue weighted by atomic mass is 10.1. The van der Waals surface area contributed by atoms with Crippen molar-refractivity contribution in [2.45, 2.75) is 27.2 Å². The summed E-state index contributed by atoms with van der Waals surface area (Å²) in [5, 5.41) is 0. The quantitative estimate of drug-likeness (QED) is 0.799. The first-order valence-corrected chi connectivity index (χ1v) is 7.09. The Kier molecular flexibility index (Phi) is 3.16. The van der Waals surface area contributed by atoms with Crippen molar-refractivity contribution in [3.05, 3.63) is 35.2 Å². The highest BCUT2D eigenvalue weighted by molar-refractivity contribution is 5.97. The lowest BCUT2D eigenvalue weighted by molar-refractivity contribution is 0.0788. The van der Waals surface area contributed by atoms with Crippen LogP contribution in [0.2, 0.25) is 0 Å². The smallest absolute Gasteiger partial charge is 0.253 e. The molecular weight excluding hydrogens is 250 g/mol. The van der Waals surface area contributed by atoms with E-state index in [-0.39, 0.29) is 5.91 Å². The normalized spacial score (nSPS) is 18.8. The molecule has 1 fully saturated rings. The predicted molar refractivity (Wildman–Crippen MR) is 78.7 cm³/mol. The van der Waals surface area contributed by atoms with Gasteiger partial charge in [0.1, 0.15) is 0 Å². The van der Waals surface area contributed by atoms with Crippen molar-refractivity contribution in [3.63, 3.8) is 0 Å². The number of hydrogen-bond acceptors (Lipinski definition) is 3. The second-order valence-electron chi connectivity index (χ2n) is 5.74. The molecule has 1 atom stereocenters. The lowest BCUT2D eigenvalue weighted by Crippen LogP contribution is -2.28. The fourth-order valence-electron chi connectivity index (χ4n) is 2.67. The number of likely N-dealkylation sites (tertiary alicyclic amines) is 1. The van der Waals surface area contributed by atoms with Crippen molar-refractivity contribution in [1.82, 2.24) is 14.9 Å². The SMILES string of the molecule is Cc1nc2ccc(C(=O)N3CCC(C)C3)cc2nc1C. The number of amides is 1. The van der Waals surface area contributed by atoms with E-state index in [1.807, 2.05) is 36.9 Å². The van der Waals surface area contributed by atoms with Gasteiger partial charge in [0.15, 0.2) is 0 Å². The van der Waals surface area contributed by atoms with Gasteiger partial charge in [-0.3, -0.25) is 4.79 Å². The number of carbonyl (C=O) groups excluding carboxylic acids is 1. The molecule has 1 aliphatic rings. The second-order valence-corrected chi connectivity index (χ2v) is 5.74. The van der Waals surface area contributed by atoms with Crippen LogP contribution in [0, 0.1) is 19.8 Å². The van der Waals surface area contributed by atoms with Crippen LogP contribution in [0.5, 0.6) is 0 Å². The minimum atomic E-state index is 0.108. The summed E-state index contributed by atoms with van der Waals surface area (Å²) >= 11 is 0. The molecule has 1 amide bonds. The molecule has 1 unspecified atom stereocenters. The molecule has 0 aliphatic carbocycles. The summed E-state index contributed by atoms with van der Waals surface area (Å²) in [5.74, 6) is 0.709. The van der Waals surface area contributed by atoms with Gasteiger partial charge in [0, 0.05) is 18.7 Å². The molecule has 4 heteroatoms. The van der Waals surface area contributed by atoms with Gasteiger partial charge >= 0.3 is 0 Å². The molecule has 0 spiro atoms. The van der Waals surface area contributed by atoms with E-state index in [4.69, 9.17) is 0 Å². The summed E-state index contributed by atoms with van der Waals surface area (Å²) in [4.78, 5) is 23.4. The van der Waals surface area contributed by atoms with Gasteiger partial charge in [0.25, 0.3) is 5.91 Å². The van der Waals surface area contributed by atoms with E-state index in [0.717, 1.165) is 41.9 Å². The minimum absolute atomic E-state index is 0.108. The number of carbonyl (C=O) groups is 1. The minimum Gasteiger partial charge on any atom is -0.338 e. The topological polar surface area (TPSA) is 46.1 Å². The Hall–Kier alpha value is -1.97. The summed E-state index contributed by atoms with van der Waals surface area (Å²) in [6.45, 7) is 7.79. The Balaban J connectivity index is 1.96. The monoisotopic (exact) mass is 269 g/mol. The molecule has 0 saturated carbocycles. The van der Waals surface area contributed by atoms with E-state index in [1.54, 1.807) is 0 Å². The molecule has 2 heterocycles. The van der Waals surface area contributed by atoms with Gasteiger partial charge in [0.05, 0.1) is 22.4 Å². The van der Waals surface area contributed by atoms with Crippen molar-refractivity contribution < 1.29 is 4.79 Å². The number of benzene rings is 1. The molecule has 4 nitrogen and oxygen atoms in total. The maximum absolute atomic E-state index is 12.5. The number of aromatic nitrogens is 2. The molecule has 0 N–H and O–H groups in total. The van der Waals surface area contributed by atoms with Gasteiger partial charge in [-0.25, -0.2) is 9.97 Å². The molecule has 104 valence electrons. The van der Waals surface area contributed by atoms with Crippen molar-refractivity contribution >= 4 is 16.9 Å². The zero-order valence-corrected chi connectivity index (χ0v) is 12.2. The van der Waals surface area contributed by atoms with Gasteiger partial charge in [0.2, 0.25) is 0 Å². The highest BCUT2D eigenvalue weighted by Gasteiger charge is 2.24. The molecule has 20 heavy (non-hydrogen) atoms. The first-order valence-electron chi connectivity index (χ1n) is 7.09. The molecular formula is C16H19N3O. The largest absolute Gasteiger partial charge is 0.338 e. The zero-order chi connectivity index (χ0) is 14.3. The van der Waals surface area contributed by atoms with Gasteiger partial charge in [-0.05, 0) is 44.4 Å². The van der Waals surface area contributed by atoms with Crippen molar-refractivity contribution in [1.29, 1.82) is 0 Å². The van der Waals surface area contributed by atoms with Gasteiger partial charge in [-0.2, -0.15) is 0 Å². The summed E-state index contributed by atoms with van der Waals surface area (Å²) in [5.41, 5.74) is 4.21. The van der Waals surface area contributed by atoms with Crippen LogP contribution in [0.25, 0.3) is 11.0 Å². The third kappa shape index (κ3) is 2.26. The average Bonchev–Trinajstić information content (AvgIpc) is 2.85. The first-order chi connectivity index (χ1) is 9.54. The molecule has 3 rings (SSSR count). The number of aryl methyl sites for hydroxylation is 2. The van der Waals surface area contributed by atoms with Crippen LogP contribution in [0.15, 0.2) is 18.2 Å². The highest BCUT2D eigenvalue weighted by atomic mass is 16.2. The van der Waals surface area contributed by atoms with Crippen LogP contribution in [0.1, 0.15) is 35.1 Å². The van der Waals surface area contributed by atoms with Crippen LogP contribution in [0.4, 0.5) is 0 Å². The van der Waals surface area contributed by atoms with E-state index in [0.29, 0.717) is 11.5 Å². The summed E-state index contributed by atoms with van der Waals surface area (Å²) in [6.07, 6.45) is 1.09. The molecule has 1 aromatic carbocycles. The number of nitrogens with zero attached hydrogens (tertiary/aromatic N) is 3. The molecule has 0 bridgehead atoms. The van der Waals surface area contributed by atoms with E-state index in [1.165, 1.54) is 0 Å². The van der Waals surface area contributed by atoms with Crippen LogP contribution in [0.3, 0.4) is 0 Å². The zero-order valence-electron chi connectivity index (χ0n) is 12.2. The van der Waals surface area contributed by atoms with E-state index in [9.17, 15) is 4.79 Å². The third-order valence-electron chi connectivity index (χ3n) is 4.03. The fourth-order valence-corrected chi connectivity index (χ4v) is 2.67. The van der Waals surface area contributed by atoms with Crippen molar-refractivity contribution in [3.8, 4) is 0 Å². The average molecular weight is 269 g/mol. The summed E-state index contributed by atoms with van der Waals surface area (Å²) < 4.78 is 0. The van der Waals surface area contributed by atoms with Gasteiger partial charge in [-0.15, -0.1) is 0 Å².